The van der Waals surface area contributed by atoms with Crippen molar-refractivity contribution < 1.29 is 15.0 Å². The van der Waals surface area contributed by atoms with Gasteiger partial charge in [0.1, 0.15) is 0 Å². The number of likely N-dealkylation sites (tertiary alicyclic amines) is 1. The molecule has 18 heavy (non-hydrogen) atoms. The number of rotatable bonds is 4. The number of carbonyl (C=O) groups is 1. The monoisotopic (exact) mass is 269 g/mol. The number of carbonyl (C=O) groups excluding carboxylic acids is 1. The molecule has 0 saturated carbocycles. The van der Waals surface area contributed by atoms with E-state index < -0.39 is 6.10 Å². The van der Waals surface area contributed by atoms with Crippen LogP contribution in [0.1, 0.15) is 18.4 Å². The summed E-state index contributed by atoms with van der Waals surface area (Å²) in [6.45, 7) is 0.0389. The maximum Gasteiger partial charge on any atom is 0.223 e. The van der Waals surface area contributed by atoms with Gasteiger partial charge in [-0.3, -0.25) is 4.79 Å². The number of aliphatic hydroxyl groups is 2. The smallest absolute Gasteiger partial charge is 0.223 e. The van der Waals surface area contributed by atoms with Crippen LogP contribution in [0.15, 0.2) is 24.3 Å². The molecule has 0 aromatic heterocycles. The van der Waals surface area contributed by atoms with Gasteiger partial charge in [0.2, 0.25) is 5.91 Å². The molecular weight excluding hydrogens is 254 g/mol. The average molecular weight is 270 g/mol. The zero-order valence-electron chi connectivity index (χ0n) is 9.92. The molecule has 0 bridgehead atoms. The van der Waals surface area contributed by atoms with Crippen molar-refractivity contribution in [2.75, 3.05) is 6.61 Å². The quantitative estimate of drug-likeness (QED) is 0.863. The third kappa shape index (κ3) is 2.66. The predicted octanol–water partition coefficient (Wildman–Crippen LogP) is 1.18. The third-order valence-electron chi connectivity index (χ3n) is 3.30. The molecule has 98 valence electrons. The maximum absolute atomic E-state index is 11.8. The normalized spacial score (nSPS) is 21.4. The fourth-order valence-electron chi connectivity index (χ4n) is 2.29. The van der Waals surface area contributed by atoms with Crippen LogP contribution in [-0.4, -0.2) is 39.8 Å². The van der Waals surface area contributed by atoms with Crippen LogP contribution in [0.4, 0.5) is 0 Å². The van der Waals surface area contributed by atoms with Crippen molar-refractivity contribution >= 4 is 17.5 Å². The van der Waals surface area contributed by atoms with Crippen molar-refractivity contribution in [3.8, 4) is 0 Å². The standard InChI is InChI=1S/C13H16ClNO3/c14-10-4-2-1-3-9(10)7-15-11(12(17)8-16)5-6-13(15)18/h1-4,11-12,16-17H,5-8H2/t11-,12-/m0/s1. The summed E-state index contributed by atoms with van der Waals surface area (Å²) in [5, 5.41) is 19.3. The molecule has 1 aliphatic heterocycles. The molecule has 1 aromatic carbocycles. The summed E-state index contributed by atoms with van der Waals surface area (Å²) in [7, 11) is 0. The van der Waals surface area contributed by atoms with E-state index in [4.69, 9.17) is 16.7 Å². The Bertz CT molecular complexity index is 438. The van der Waals surface area contributed by atoms with Gasteiger partial charge in [-0.1, -0.05) is 29.8 Å². The summed E-state index contributed by atoms with van der Waals surface area (Å²) < 4.78 is 0. The number of aliphatic hydroxyl groups excluding tert-OH is 2. The van der Waals surface area contributed by atoms with E-state index in [0.717, 1.165) is 5.56 Å². The number of benzene rings is 1. The van der Waals surface area contributed by atoms with Gasteiger partial charge in [0, 0.05) is 18.0 Å². The molecule has 1 amide bonds. The molecule has 1 aromatic rings. The van der Waals surface area contributed by atoms with Gasteiger partial charge in [-0.15, -0.1) is 0 Å². The molecule has 0 spiro atoms. The minimum absolute atomic E-state index is 0.00702. The van der Waals surface area contributed by atoms with Gasteiger partial charge in [-0.25, -0.2) is 0 Å². The van der Waals surface area contributed by atoms with Crippen LogP contribution in [0.2, 0.25) is 5.02 Å². The average Bonchev–Trinajstić information content (AvgIpc) is 2.73. The van der Waals surface area contributed by atoms with E-state index in [9.17, 15) is 9.90 Å². The van der Waals surface area contributed by atoms with E-state index in [2.05, 4.69) is 0 Å². The first-order valence-corrected chi connectivity index (χ1v) is 6.33. The lowest BCUT2D eigenvalue weighted by atomic mass is 10.1. The zero-order valence-corrected chi connectivity index (χ0v) is 10.7. The number of hydrogen-bond donors (Lipinski definition) is 2. The molecule has 5 heteroatoms. The predicted molar refractivity (Wildman–Crippen MR) is 68.1 cm³/mol. The fraction of sp³-hybridized carbons (Fsp3) is 0.462. The first-order valence-electron chi connectivity index (χ1n) is 5.95. The van der Waals surface area contributed by atoms with E-state index >= 15 is 0 Å². The van der Waals surface area contributed by atoms with Crippen molar-refractivity contribution in [2.24, 2.45) is 0 Å². The third-order valence-corrected chi connectivity index (χ3v) is 3.67. The van der Waals surface area contributed by atoms with Crippen LogP contribution in [0.3, 0.4) is 0 Å². The van der Waals surface area contributed by atoms with E-state index in [0.29, 0.717) is 24.4 Å². The second kappa shape index (κ2) is 5.69. The Labute approximate surface area is 111 Å². The van der Waals surface area contributed by atoms with Crippen LogP contribution in [0, 0.1) is 0 Å². The van der Waals surface area contributed by atoms with Crippen LogP contribution in [0.5, 0.6) is 0 Å². The Kier molecular flexibility index (Phi) is 4.22. The summed E-state index contributed by atoms with van der Waals surface area (Å²) in [6.07, 6.45) is 0.0935. The highest BCUT2D eigenvalue weighted by Gasteiger charge is 2.35. The Morgan fingerprint density at radius 3 is 2.83 bits per heavy atom. The lowest BCUT2D eigenvalue weighted by Gasteiger charge is -2.28. The largest absolute Gasteiger partial charge is 0.394 e. The second-order valence-electron chi connectivity index (χ2n) is 4.47. The molecule has 0 unspecified atom stereocenters. The lowest BCUT2D eigenvalue weighted by Crippen LogP contribution is -2.42. The molecule has 1 saturated heterocycles. The highest BCUT2D eigenvalue weighted by atomic mass is 35.5. The summed E-state index contributed by atoms with van der Waals surface area (Å²) in [6, 6.07) is 7.00. The molecule has 2 N–H and O–H groups in total. The Balaban J connectivity index is 2.15. The Morgan fingerprint density at radius 2 is 2.17 bits per heavy atom. The van der Waals surface area contributed by atoms with E-state index in [1.807, 2.05) is 18.2 Å². The van der Waals surface area contributed by atoms with Crippen molar-refractivity contribution in [3.05, 3.63) is 34.9 Å². The van der Waals surface area contributed by atoms with Crippen LogP contribution in [0.25, 0.3) is 0 Å². The van der Waals surface area contributed by atoms with Gasteiger partial charge in [-0.05, 0) is 18.1 Å². The number of amides is 1. The topological polar surface area (TPSA) is 60.8 Å². The second-order valence-corrected chi connectivity index (χ2v) is 4.88. The van der Waals surface area contributed by atoms with Crippen LogP contribution >= 0.6 is 11.6 Å². The van der Waals surface area contributed by atoms with E-state index in [1.54, 1.807) is 11.0 Å². The summed E-state index contributed by atoms with van der Waals surface area (Å²) >= 11 is 6.06. The molecule has 1 fully saturated rings. The Hall–Kier alpha value is -1.10. The number of nitrogens with zero attached hydrogens (tertiary/aromatic N) is 1. The lowest BCUT2D eigenvalue weighted by molar-refractivity contribution is -0.131. The van der Waals surface area contributed by atoms with E-state index in [1.165, 1.54) is 0 Å². The molecule has 2 rings (SSSR count). The minimum Gasteiger partial charge on any atom is -0.394 e. The molecule has 0 radical (unpaired) electrons. The Morgan fingerprint density at radius 1 is 1.44 bits per heavy atom. The first-order chi connectivity index (χ1) is 8.63. The highest BCUT2D eigenvalue weighted by molar-refractivity contribution is 6.31. The maximum atomic E-state index is 11.8. The summed E-state index contributed by atoms with van der Waals surface area (Å²) in [5.74, 6) is -0.00702. The van der Waals surface area contributed by atoms with Gasteiger partial charge >= 0.3 is 0 Å². The summed E-state index contributed by atoms with van der Waals surface area (Å²) in [4.78, 5) is 13.4. The van der Waals surface area contributed by atoms with Crippen LogP contribution < -0.4 is 0 Å². The number of halogens is 1. The summed E-state index contributed by atoms with van der Waals surface area (Å²) in [5.41, 5.74) is 0.851. The molecule has 0 aliphatic carbocycles. The van der Waals surface area contributed by atoms with Gasteiger partial charge in [0.25, 0.3) is 0 Å². The van der Waals surface area contributed by atoms with Gasteiger partial charge in [0.15, 0.2) is 0 Å². The van der Waals surface area contributed by atoms with Gasteiger partial charge in [0.05, 0.1) is 18.8 Å². The van der Waals surface area contributed by atoms with Crippen molar-refractivity contribution in [1.29, 1.82) is 0 Å². The molecule has 4 nitrogen and oxygen atoms in total. The van der Waals surface area contributed by atoms with Crippen molar-refractivity contribution in [1.82, 2.24) is 4.90 Å². The number of hydrogen-bond acceptors (Lipinski definition) is 3. The molecule has 1 heterocycles. The van der Waals surface area contributed by atoms with E-state index in [-0.39, 0.29) is 18.6 Å². The molecule has 1 aliphatic rings. The fourth-order valence-corrected chi connectivity index (χ4v) is 2.49. The minimum atomic E-state index is -0.890. The molecular formula is C13H16ClNO3. The molecule has 2 atom stereocenters. The van der Waals surface area contributed by atoms with Gasteiger partial charge in [-0.2, -0.15) is 0 Å². The van der Waals surface area contributed by atoms with Gasteiger partial charge < -0.3 is 15.1 Å². The van der Waals surface area contributed by atoms with Crippen LogP contribution in [-0.2, 0) is 11.3 Å². The highest BCUT2D eigenvalue weighted by Crippen LogP contribution is 2.26. The SMILES string of the molecule is O=C1CC[C@@H]([C@@H](O)CO)N1Cc1ccccc1Cl. The zero-order chi connectivity index (χ0) is 13.1. The first kappa shape index (κ1) is 13.3. The van der Waals surface area contributed by atoms with Crippen molar-refractivity contribution in [2.45, 2.75) is 31.5 Å². The van der Waals surface area contributed by atoms with Crippen molar-refractivity contribution in [3.63, 3.8) is 0 Å².